The minimum absolute atomic E-state index is 0.204. The smallest absolute Gasteiger partial charge is 0.211 e. The van der Waals surface area contributed by atoms with Crippen molar-refractivity contribution in [3.8, 4) is 17.2 Å². The van der Waals surface area contributed by atoms with Gasteiger partial charge in [-0.15, -0.1) is 0 Å². The number of ether oxygens (including phenoxy) is 3. The van der Waals surface area contributed by atoms with E-state index in [4.69, 9.17) is 14.2 Å². The van der Waals surface area contributed by atoms with Gasteiger partial charge in [-0.3, -0.25) is 4.79 Å². The molecule has 0 radical (unpaired) electrons. The number of allylic oxidation sites excluding steroid dienone is 1. The summed E-state index contributed by atoms with van der Waals surface area (Å²) in [7, 11) is 1.60. The van der Waals surface area contributed by atoms with E-state index in [2.05, 4.69) is 10.1 Å². The molecule has 160 valence electrons. The van der Waals surface area contributed by atoms with Crippen LogP contribution in [0.2, 0.25) is 0 Å². The lowest BCUT2D eigenvalue weighted by Gasteiger charge is -2.18. The van der Waals surface area contributed by atoms with Gasteiger partial charge in [-0.25, -0.2) is 9.67 Å². The van der Waals surface area contributed by atoms with Gasteiger partial charge >= 0.3 is 0 Å². The van der Waals surface area contributed by atoms with E-state index in [9.17, 15) is 4.79 Å². The predicted molar refractivity (Wildman–Crippen MR) is 118 cm³/mol. The van der Waals surface area contributed by atoms with Gasteiger partial charge in [-0.1, -0.05) is 18.2 Å². The number of aromatic nitrogens is 3. The summed E-state index contributed by atoms with van der Waals surface area (Å²) in [6.07, 6.45) is 5.35. The molecule has 4 rings (SSSR count). The maximum Gasteiger partial charge on any atom is 0.211 e. The molecule has 2 heterocycles. The van der Waals surface area contributed by atoms with Crippen molar-refractivity contribution in [2.75, 3.05) is 13.7 Å². The van der Waals surface area contributed by atoms with Crippen molar-refractivity contribution in [3.63, 3.8) is 0 Å². The van der Waals surface area contributed by atoms with Crippen LogP contribution in [0, 0.1) is 0 Å². The Morgan fingerprint density at radius 1 is 1.26 bits per heavy atom. The van der Waals surface area contributed by atoms with Crippen LogP contribution in [0.1, 0.15) is 42.3 Å². The molecule has 0 aliphatic carbocycles. The molecule has 0 spiro atoms. The summed E-state index contributed by atoms with van der Waals surface area (Å²) < 4.78 is 18.8. The topological polar surface area (TPSA) is 75.5 Å². The van der Waals surface area contributed by atoms with Crippen molar-refractivity contribution in [3.05, 3.63) is 65.7 Å². The Morgan fingerprint density at radius 3 is 2.77 bits per heavy atom. The highest BCUT2D eigenvalue weighted by Crippen LogP contribution is 2.43. The molecule has 0 bridgehead atoms. The van der Waals surface area contributed by atoms with E-state index >= 15 is 0 Å². The van der Waals surface area contributed by atoms with Crippen molar-refractivity contribution in [1.82, 2.24) is 14.8 Å². The lowest BCUT2D eigenvalue weighted by molar-refractivity contribution is 0.105. The van der Waals surface area contributed by atoms with E-state index in [1.807, 2.05) is 51.1 Å². The zero-order chi connectivity index (χ0) is 22.0. The van der Waals surface area contributed by atoms with Crippen LogP contribution in [0.4, 0.5) is 0 Å². The van der Waals surface area contributed by atoms with Gasteiger partial charge in [0.05, 0.1) is 13.7 Å². The first-order valence-corrected chi connectivity index (χ1v) is 10.1. The Kier molecular flexibility index (Phi) is 5.50. The van der Waals surface area contributed by atoms with Crippen LogP contribution in [-0.2, 0) is 6.42 Å². The number of rotatable bonds is 7. The molecule has 7 heteroatoms. The minimum Gasteiger partial charge on any atom is -0.496 e. The van der Waals surface area contributed by atoms with Gasteiger partial charge in [0.25, 0.3) is 0 Å². The third kappa shape index (κ3) is 4.17. The SMILES string of the molecule is CCOc1cc(C(=O)/C(=C\c2ccccc2OC)n2cncn2)cc2c1OC(C)(C)C2. The van der Waals surface area contributed by atoms with Gasteiger partial charge in [0, 0.05) is 23.1 Å². The first-order valence-electron chi connectivity index (χ1n) is 10.1. The number of para-hydroxylation sites is 1. The highest BCUT2D eigenvalue weighted by molar-refractivity contribution is 6.28. The highest BCUT2D eigenvalue weighted by Gasteiger charge is 2.34. The molecule has 1 aliphatic heterocycles. The van der Waals surface area contributed by atoms with Gasteiger partial charge in [-0.05, 0) is 45.0 Å². The fraction of sp³-hybridized carbons (Fsp3) is 0.292. The van der Waals surface area contributed by atoms with Crippen LogP contribution in [-0.4, -0.2) is 39.9 Å². The normalized spacial score (nSPS) is 14.6. The van der Waals surface area contributed by atoms with E-state index in [1.165, 1.54) is 17.3 Å². The average molecular weight is 419 g/mol. The van der Waals surface area contributed by atoms with Crippen molar-refractivity contribution in [2.45, 2.75) is 32.8 Å². The molecule has 3 aromatic rings. The van der Waals surface area contributed by atoms with E-state index in [0.29, 0.717) is 41.5 Å². The lowest BCUT2D eigenvalue weighted by atomic mass is 9.97. The fourth-order valence-corrected chi connectivity index (χ4v) is 3.72. The average Bonchev–Trinajstić information content (AvgIpc) is 3.38. The second kappa shape index (κ2) is 8.26. The molecule has 0 amide bonds. The van der Waals surface area contributed by atoms with Crippen molar-refractivity contribution < 1.29 is 19.0 Å². The minimum atomic E-state index is -0.349. The molecular weight excluding hydrogens is 394 g/mol. The molecular formula is C24H25N3O4. The van der Waals surface area contributed by atoms with Crippen molar-refractivity contribution in [1.29, 1.82) is 0 Å². The van der Waals surface area contributed by atoms with Gasteiger partial charge in [0.15, 0.2) is 11.5 Å². The molecule has 0 saturated carbocycles. The molecule has 31 heavy (non-hydrogen) atoms. The summed E-state index contributed by atoms with van der Waals surface area (Å²) in [6, 6.07) is 11.1. The van der Waals surface area contributed by atoms with E-state index in [-0.39, 0.29) is 11.4 Å². The number of fused-ring (bicyclic) bond motifs is 1. The summed E-state index contributed by atoms with van der Waals surface area (Å²) in [5.74, 6) is 1.74. The van der Waals surface area contributed by atoms with Crippen LogP contribution in [0.15, 0.2) is 49.1 Å². The molecule has 0 unspecified atom stereocenters. The first-order chi connectivity index (χ1) is 14.9. The Morgan fingerprint density at radius 2 is 2.06 bits per heavy atom. The van der Waals surface area contributed by atoms with Gasteiger partial charge < -0.3 is 14.2 Å². The summed E-state index contributed by atoms with van der Waals surface area (Å²) >= 11 is 0. The second-order valence-electron chi connectivity index (χ2n) is 7.87. The number of hydrogen-bond donors (Lipinski definition) is 0. The number of carbonyl (C=O) groups excluding carboxylic acids is 1. The maximum absolute atomic E-state index is 13.7. The molecule has 0 atom stereocenters. The molecule has 0 fully saturated rings. The van der Waals surface area contributed by atoms with E-state index in [1.54, 1.807) is 19.3 Å². The van der Waals surface area contributed by atoms with Crippen molar-refractivity contribution in [2.24, 2.45) is 0 Å². The van der Waals surface area contributed by atoms with Crippen LogP contribution in [0.3, 0.4) is 0 Å². The Bertz CT molecular complexity index is 1130. The quantitative estimate of drug-likeness (QED) is 0.420. The van der Waals surface area contributed by atoms with Crippen LogP contribution >= 0.6 is 0 Å². The van der Waals surface area contributed by atoms with Crippen LogP contribution < -0.4 is 14.2 Å². The zero-order valence-electron chi connectivity index (χ0n) is 18.1. The molecule has 7 nitrogen and oxygen atoms in total. The molecule has 0 saturated heterocycles. The monoisotopic (exact) mass is 419 g/mol. The van der Waals surface area contributed by atoms with E-state index < -0.39 is 0 Å². The molecule has 2 aromatic carbocycles. The lowest BCUT2D eigenvalue weighted by Crippen LogP contribution is -2.24. The Balaban J connectivity index is 1.82. The molecule has 1 aliphatic rings. The first kappa shape index (κ1) is 20.7. The largest absolute Gasteiger partial charge is 0.496 e. The molecule has 1 aromatic heterocycles. The highest BCUT2D eigenvalue weighted by atomic mass is 16.5. The summed E-state index contributed by atoms with van der Waals surface area (Å²) in [5.41, 5.74) is 2.22. The predicted octanol–water partition coefficient (Wildman–Crippen LogP) is 4.28. The van der Waals surface area contributed by atoms with Gasteiger partial charge in [0.1, 0.15) is 29.7 Å². The third-order valence-corrected chi connectivity index (χ3v) is 5.02. The van der Waals surface area contributed by atoms with E-state index in [0.717, 1.165) is 11.1 Å². The van der Waals surface area contributed by atoms with Crippen LogP contribution in [0.5, 0.6) is 17.2 Å². The van der Waals surface area contributed by atoms with Gasteiger partial charge in [0.2, 0.25) is 5.78 Å². The third-order valence-electron chi connectivity index (χ3n) is 5.02. The number of methoxy groups -OCH3 is 1. The Hall–Kier alpha value is -3.61. The number of carbonyl (C=O) groups is 1. The maximum atomic E-state index is 13.7. The number of Topliss-reactive ketones (excluding diaryl/α,β-unsaturated/α-hetero) is 1. The number of ketones is 1. The number of hydrogen-bond acceptors (Lipinski definition) is 6. The summed E-state index contributed by atoms with van der Waals surface area (Å²) in [4.78, 5) is 17.7. The number of benzene rings is 2. The van der Waals surface area contributed by atoms with Crippen molar-refractivity contribution >= 4 is 17.6 Å². The second-order valence-corrected chi connectivity index (χ2v) is 7.87. The Labute approximate surface area is 181 Å². The van der Waals surface area contributed by atoms with Gasteiger partial charge in [-0.2, -0.15) is 5.10 Å². The summed E-state index contributed by atoms with van der Waals surface area (Å²) in [6.45, 7) is 6.42. The molecule has 0 N–H and O–H groups in total. The summed E-state index contributed by atoms with van der Waals surface area (Å²) in [5, 5.41) is 4.19. The number of nitrogens with zero attached hydrogens (tertiary/aromatic N) is 3. The standard InChI is InChI=1S/C24H25N3O4/c1-5-30-21-12-17(10-18-13-24(2,3)31-23(18)21)22(28)19(27-15-25-14-26-27)11-16-8-6-7-9-20(16)29-4/h6-12,14-15H,5,13H2,1-4H3/b19-11+. The fourth-order valence-electron chi connectivity index (χ4n) is 3.72. The zero-order valence-corrected chi connectivity index (χ0v) is 18.1. The van der Waals surface area contributed by atoms with Crippen LogP contribution in [0.25, 0.3) is 11.8 Å².